The predicted molar refractivity (Wildman–Crippen MR) is 46.9 cm³/mol. The van der Waals surface area contributed by atoms with Crippen LogP contribution in [-0.4, -0.2) is 2.43 Å². The Morgan fingerprint density at radius 1 is 1.20 bits per heavy atom. The molecule has 0 aromatic carbocycles. The molecular weight excluding hydrogens is 441 g/mol. The molecule has 0 atom stereocenters. The van der Waals surface area contributed by atoms with E-state index in [0.29, 0.717) is 0 Å². The van der Waals surface area contributed by atoms with Crippen molar-refractivity contribution < 1.29 is 16.7 Å². The Morgan fingerprint density at radius 3 is 1.20 bits per heavy atom. The third-order valence-electron chi connectivity index (χ3n) is 0. The van der Waals surface area contributed by atoms with Crippen LogP contribution >= 0.6 is 64.4 Å². The first-order valence-corrected chi connectivity index (χ1v) is 8.81. The summed E-state index contributed by atoms with van der Waals surface area (Å²) in [6.07, 6.45) is 0. The summed E-state index contributed by atoms with van der Waals surface area (Å²) in [6.45, 7) is 0. The Hall–Kier alpha value is 2.90. The van der Waals surface area contributed by atoms with E-state index in [1.165, 1.54) is 2.43 Å². The molecule has 0 aliphatic heterocycles. The molecule has 0 bridgehead atoms. The molecule has 0 N–H and O–H groups in total. The molecule has 0 spiro atoms. The van der Waals surface area contributed by atoms with Crippen molar-refractivity contribution >= 4 is 64.4 Å². The summed E-state index contributed by atoms with van der Waals surface area (Å²) < 4.78 is 1.19. The molecule has 0 aliphatic rings. The van der Waals surface area contributed by atoms with Gasteiger partial charge in [0.05, 0.1) is 2.43 Å². The number of hydrogen-bond acceptors (Lipinski definition) is 0. The Bertz CT molecular complexity index is 6.85. The molecule has 31 valence electrons. The fourth-order valence-electron chi connectivity index (χ4n) is 0. The van der Waals surface area contributed by atoms with Gasteiger partial charge in [-0.1, -0.05) is 45.2 Å². The van der Waals surface area contributed by atoms with Crippen molar-refractivity contribution in [3.05, 3.63) is 0 Å². The van der Waals surface area contributed by atoms with E-state index < -0.39 is 0 Å². The average molecular weight is 443 g/mol. The molecule has 0 aromatic rings. The number of rotatable bonds is 0. The van der Waals surface area contributed by atoms with E-state index in [9.17, 15) is 0 Å². The van der Waals surface area contributed by atoms with Gasteiger partial charge in [0.2, 0.25) is 0 Å². The molecular formula is CH2I3Ti. The van der Waals surface area contributed by atoms with Crippen LogP contribution in [0.15, 0.2) is 0 Å². The van der Waals surface area contributed by atoms with E-state index in [1.807, 2.05) is 16.7 Å². The maximum atomic E-state index is 2.28. The van der Waals surface area contributed by atoms with Gasteiger partial charge in [-0.05, 0) is 0 Å². The van der Waals surface area contributed by atoms with Crippen LogP contribution in [-0.2, 0) is 16.7 Å². The monoisotopic (exact) mass is 443 g/mol. The predicted octanol–water partition coefficient (Wildman–Crippen LogP) is 2.70. The molecule has 0 nitrogen and oxygen atoms in total. The van der Waals surface area contributed by atoms with E-state index >= 15 is 0 Å². The zero-order valence-corrected chi connectivity index (χ0v) is 10.4. The summed E-state index contributed by atoms with van der Waals surface area (Å²) in [7, 11) is 0. The van der Waals surface area contributed by atoms with Crippen molar-refractivity contribution in [2.75, 3.05) is 2.43 Å². The van der Waals surface area contributed by atoms with Gasteiger partial charge in [0, 0.05) is 0 Å². The molecule has 0 radical (unpaired) electrons. The van der Waals surface area contributed by atoms with Crippen LogP contribution in [0.5, 0.6) is 0 Å². The molecule has 0 unspecified atom stereocenters. The Kier molecular flexibility index (Phi) is 34.1. The Balaban J connectivity index is 0. The van der Waals surface area contributed by atoms with Crippen molar-refractivity contribution in [2.45, 2.75) is 0 Å². The van der Waals surface area contributed by atoms with Gasteiger partial charge in [-0.3, -0.25) is 0 Å². The second kappa shape index (κ2) is 15.8. The van der Waals surface area contributed by atoms with Gasteiger partial charge in [0.15, 0.2) is 0 Å². The molecule has 0 rings (SSSR count). The number of alkyl halides is 2. The van der Waals surface area contributed by atoms with E-state index in [1.54, 1.807) is 0 Å². The molecule has 0 saturated carbocycles. The van der Waals surface area contributed by atoms with Crippen molar-refractivity contribution in [3.63, 3.8) is 0 Å². The van der Waals surface area contributed by atoms with Crippen LogP contribution in [0.1, 0.15) is 0 Å². The van der Waals surface area contributed by atoms with Crippen LogP contribution in [0.2, 0.25) is 0 Å². The van der Waals surface area contributed by atoms with Crippen molar-refractivity contribution in [1.29, 1.82) is 0 Å². The molecule has 0 saturated heterocycles. The SMILES string of the molecule is ICI.[Ti][I]. The van der Waals surface area contributed by atoms with Crippen LogP contribution in [0.3, 0.4) is 0 Å². The Labute approximate surface area is 81.6 Å². The van der Waals surface area contributed by atoms with Crippen molar-refractivity contribution in [2.24, 2.45) is 0 Å². The zero-order chi connectivity index (χ0) is 4.71. The second-order valence-electron chi connectivity index (χ2n) is 0.101. The average Bonchev–Trinajstić information content (AvgIpc) is 1.46. The summed E-state index contributed by atoms with van der Waals surface area (Å²) >= 11 is 8.67. The van der Waals surface area contributed by atoms with E-state index in [4.69, 9.17) is 0 Å². The zero-order valence-electron chi connectivity index (χ0n) is 2.34. The van der Waals surface area contributed by atoms with Crippen LogP contribution in [0.4, 0.5) is 0 Å². The maximum absolute atomic E-state index is 2.28. The standard InChI is InChI=1S/CH2I2.HI.Ti/c2-1-3;;/h1H2;1H;/q;;+1/p-1. The fraction of sp³-hybridized carbons (Fsp3) is 1.00. The third kappa shape index (κ3) is 19.7. The first kappa shape index (κ1) is 10.8. The minimum absolute atomic E-state index is 1.19. The first-order chi connectivity index (χ1) is 2.41. The van der Waals surface area contributed by atoms with E-state index in [2.05, 4.69) is 64.4 Å². The summed E-state index contributed by atoms with van der Waals surface area (Å²) in [5.74, 6) is 0. The molecule has 4 heteroatoms. The summed E-state index contributed by atoms with van der Waals surface area (Å²) in [6, 6.07) is 0. The van der Waals surface area contributed by atoms with Crippen LogP contribution in [0, 0.1) is 0 Å². The molecule has 0 heterocycles. The second-order valence-corrected chi connectivity index (χ2v) is 4.55. The molecule has 0 amide bonds. The van der Waals surface area contributed by atoms with Gasteiger partial charge in [-0.15, -0.1) is 0 Å². The first-order valence-electron chi connectivity index (χ1n) is 0.724. The minimum atomic E-state index is 1.19. The fourth-order valence-corrected chi connectivity index (χ4v) is 0. The normalized spacial score (nSPS) is 4.40. The third-order valence-corrected chi connectivity index (χ3v) is 0. The van der Waals surface area contributed by atoms with Gasteiger partial charge >= 0.3 is 35.9 Å². The molecule has 0 fully saturated rings. The Morgan fingerprint density at radius 2 is 1.20 bits per heavy atom. The van der Waals surface area contributed by atoms with Crippen LogP contribution < -0.4 is 0 Å². The van der Waals surface area contributed by atoms with E-state index in [0.717, 1.165) is 0 Å². The quantitative estimate of drug-likeness (QED) is 0.307. The molecule has 0 aromatic heterocycles. The van der Waals surface area contributed by atoms with Crippen molar-refractivity contribution in [3.8, 4) is 0 Å². The number of hydrogen-bond donors (Lipinski definition) is 0. The van der Waals surface area contributed by atoms with Gasteiger partial charge in [-0.25, -0.2) is 0 Å². The van der Waals surface area contributed by atoms with Gasteiger partial charge < -0.3 is 0 Å². The van der Waals surface area contributed by atoms with E-state index in [-0.39, 0.29) is 0 Å². The summed E-state index contributed by atoms with van der Waals surface area (Å²) in [5.41, 5.74) is 0. The van der Waals surface area contributed by atoms with Gasteiger partial charge in [0.25, 0.3) is 0 Å². The van der Waals surface area contributed by atoms with Gasteiger partial charge in [-0.2, -0.15) is 0 Å². The van der Waals surface area contributed by atoms with Crippen molar-refractivity contribution in [1.82, 2.24) is 0 Å². The molecule has 0 aliphatic carbocycles. The molecule has 5 heavy (non-hydrogen) atoms. The number of halogens is 3. The summed E-state index contributed by atoms with van der Waals surface area (Å²) in [5, 5.41) is 0. The van der Waals surface area contributed by atoms with Crippen LogP contribution in [0.25, 0.3) is 0 Å². The van der Waals surface area contributed by atoms with Gasteiger partial charge in [0.1, 0.15) is 0 Å². The topological polar surface area (TPSA) is 0 Å². The summed E-state index contributed by atoms with van der Waals surface area (Å²) in [4.78, 5) is 0.